The molecule has 2 rings (SSSR count). The summed E-state index contributed by atoms with van der Waals surface area (Å²) in [4.78, 5) is 21.1. The summed E-state index contributed by atoms with van der Waals surface area (Å²) in [6.07, 6.45) is 0. The third-order valence-corrected chi connectivity index (χ3v) is 3.20. The molecule has 0 aliphatic rings. The number of aromatic carboxylic acids is 1. The van der Waals surface area contributed by atoms with Crippen LogP contribution in [0.15, 0.2) is 42.5 Å². The number of carbonyl (C=O) groups is 1. The van der Waals surface area contributed by atoms with Crippen LogP contribution in [-0.4, -0.2) is 16.0 Å². The highest BCUT2D eigenvalue weighted by molar-refractivity contribution is 6.31. The number of carboxylic acids is 1. The minimum absolute atomic E-state index is 0.0458. The fourth-order valence-corrected chi connectivity index (χ4v) is 1.95. The van der Waals surface area contributed by atoms with Gasteiger partial charge < -0.3 is 10.4 Å². The van der Waals surface area contributed by atoms with Crippen LogP contribution in [0.25, 0.3) is 0 Å². The molecule has 0 heterocycles. The summed E-state index contributed by atoms with van der Waals surface area (Å²) in [7, 11) is 0. The number of nitrogens with one attached hydrogen (secondary N) is 1. The molecule has 2 aromatic carbocycles. The van der Waals surface area contributed by atoms with E-state index in [1.54, 1.807) is 12.1 Å². The maximum atomic E-state index is 10.9. The number of hydrogen-bond donors (Lipinski definition) is 2. The minimum Gasteiger partial charge on any atom is -0.478 e. The maximum Gasteiger partial charge on any atom is 0.335 e. The van der Waals surface area contributed by atoms with Crippen molar-refractivity contribution < 1.29 is 14.8 Å². The summed E-state index contributed by atoms with van der Waals surface area (Å²) < 4.78 is 0. The van der Waals surface area contributed by atoms with E-state index in [0.717, 1.165) is 0 Å². The fourth-order valence-electron chi connectivity index (χ4n) is 1.77. The number of rotatable bonds is 5. The van der Waals surface area contributed by atoms with E-state index in [0.29, 0.717) is 16.3 Å². The Morgan fingerprint density at radius 2 is 2.05 bits per heavy atom. The minimum atomic E-state index is -1.02. The van der Waals surface area contributed by atoms with E-state index < -0.39 is 10.9 Å². The van der Waals surface area contributed by atoms with Gasteiger partial charge in [0.1, 0.15) is 0 Å². The van der Waals surface area contributed by atoms with Gasteiger partial charge in [-0.15, -0.1) is 0 Å². The van der Waals surface area contributed by atoms with Crippen LogP contribution < -0.4 is 5.32 Å². The molecule has 0 unspecified atom stereocenters. The van der Waals surface area contributed by atoms with Crippen LogP contribution in [-0.2, 0) is 6.54 Å². The summed E-state index contributed by atoms with van der Waals surface area (Å²) in [6, 6.07) is 10.5. The molecule has 6 nitrogen and oxygen atoms in total. The molecule has 0 fully saturated rings. The zero-order chi connectivity index (χ0) is 15.4. The largest absolute Gasteiger partial charge is 0.478 e. The van der Waals surface area contributed by atoms with E-state index in [1.165, 1.54) is 30.3 Å². The van der Waals surface area contributed by atoms with Crippen molar-refractivity contribution in [1.82, 2.24) is 0 Å². The number of nitro groups is 1. The summed E-state index contributed by atoms with van der Waals surface area (Å²) in [5.74, 6) is -1.02. The number of carboxylic acid groups (broad SMARTS) is 1. The SMILES string of the molecule is O=C(O)c1cccc(NCc2cc([N+](=O)[O-])ccc2Cl)c1. The lowest BCUT2D eigenvalue weighted by molar-refractivity contribution is -0.384. The summed E-state index contributed by atoms with van der Waals surface area (Å²) in [5.41, 5.74) is 1.27. The highest BCUT2D eigenvalue weighted by atomic mass is 35.5. The Balaban J connectivity index is 2.16. The predicted molar refractivity (Wildman–Crippen MR) is 78.8 cm³/mol. The Kier molecular flexibility index (Phi) is 4.39. The van der Waals surface area contributed by atoms with Gasteiger partial charge in [-0.1, -0.05) is 17.7 Å². The van der Waals surface area contributed by atoms with Crippen molar-refractivity contribution in [3.8, 4) is 0 Å². The van der Waals surface area contributed by atoms with E-state index >= 15 is 0 Å². The van der Waals surface area contributed by atoms with Crippen LogP contribution >= 0.6 is 11.6 Å². The molecule has 0 amide bonds. The second-order valence-electron chi connectivity index (χ2n) is 4.27. The molecule has 2 aromatic rings. The summed E-state index contributed by atoms with van der Waals surface area (Å²) in [6.45, 7) is 0.254. The van der Waals surface area contributed by atoms with Crippen molar-refractivity contribution in [3.05, 3.63) is 68.7 Å². The number of nitro benzene ring substituents is 1. The number of hydrogen-bond acceptors (Lipinski definition) is 4. The van der Waals surface area contributed by atoms with Gasteiger partial charge in [0.2, 0.25) is 0 Å². The molecule has 2 N–H and O–H groups in total. The standard InChI is InChI=1S/C14H11ClN2O4/c15-13-5-4-12(17(20)21)7-10(13)8-16-11-3-1-2-9(6-11)14(18)19/h1-7,16H,8H2,(H,18,19). The van der Waals surface area contributed by atoms with E-state index in [2.05, 4.69) is 5.32 Å². The van der Waals surface area contributed by atoms with Gasteiger partial charge >= 0.3 is 5.97 Å². The normalized spacial score (nSPS) is 10.1. The molecule has 0 spiro atoms. The topological polar surface area (TPSA) is 92.5 Å². The summed E-state index contributed by atoms with van der Waals surface area (Å²) in [5, 5.41) is 23.0. The fraction of sp³-hybridized carbons (Fsp3) is 0.0714. The molecule has 0 aromatic heterocycles. The van der Waals surface area contributed by atoms with Crippen molar-refractivity contribution in [2.75, 3.05) is 5.32 Å². The predicted octanol–water partition coefficient (Wildman–Crippen LogP) is 3.56. The molecular formula is C14H11ClN2O4. The Morgan fingerprint density at radius 3 is 2.71 bits per heavy atom. The molecule has 0 saturated heterocycles. The van der Waals surface area contributed by atoms with Crippen LogP contribution in [0.5, 0.6) is 0 Å². The first-order valence-electron chi connectivity index (χ1n) is 5.97. The van der Waals surface area contributed by atoms with E-state index in [1.807, 2.05) is 0 Å². The van der Waals surface area contributed by atoms with Crippen molar-refractivity contribution >= 4 is 28.9 Å². The zero-order valence-corrected chi connectivity index (χ0v) is 11.5. The smallest absolute Gasteiger partial charge is 0.335 e. The van der Waals surface area contributed by atoms with Gasteiger partial charge in [0, 0.05) is 29.4 Å². The molecule has 0 aliphatic heterocycles. The first kappa shape index (κ1) is 14.8. The van der Waals surface area contributed by atoms with Crippen molar-refractivity contribution in [3.63, 3.8) is 0 Å². The summed E-state index contributed by atoms with van der Waals surface area (Å²) >= 11 is 5.99. The van der Waals surface area contributed by atoms with Crippen LogP contribution in [0, 0.1) is 10.1 Å². The number of benzene rings is 2. The van der Waals surface area contributed by atoms with Crippen LogP contribution in [0.3, 0.4) is 0 Å². The molecule has 21 heavy (non-hydrogen) atoms. The first-order chi connectivity index (χ1) is 9.97. The molecule has 0 atom stereocenters. The molecular weight excluding hydrogens is 296 g/mol. The lowest BCUT2D eigenvalue weighted by Gasteiger charge is -2.08. The zero-order valence-electron chi connectivity index (χ0n) is 10.7. The number of nitrogens with zero attached hydrogens (tertiary/aromatic N) is 1. The Labute approximate surface area is 125 Å². The van der Waals surface area contributed by atoms with Gasteiger partial charge in [0.25, 0.3) is 5.69 Å². The average Bonchev–Trinajstić information content (AvgIpc) is 2.46. The number of non-ortho nitro benzene ring substituents is 1. The van der Waals surface area contributed by atoms with Gasteiger partial charge in [-0.05, 0) is 29.8 Å². The van der Waals surface area contributed by atoms with Crippen LogP contribution in [0.4, 0.5) is 11.4 Å². The first-order valence-corrected chi connectivity index (χ1v) is 6.35. The Morgan fingerprint density at radius 1 is 1.29 bits per heavy atom. The van der Waals surface area contributed by atoms with E-state index in [9.17, 15) is 14.9 Å². The molecule has 0 aliphatic carbocycles. The van der Waals surface area contributed by atoms with Gasteiger partial charge in [-0.2, -0.15) is 0 Å². The molecule has 0 bridgehead atoms. The average molecular weight is 307 g/mol. The quantitative estimate of drug-likeness (QED) is 0.651. The lowest BCUT2D eigenvalue weighted by atomic mass is 10.1. The Hall–Kier alpha value is -2.60. The van der Waals surface area contributed by atoms with E-state index in [-0.39, 0.29) is 17.8 Å². The highest BCUT2D eigenvalue weighted by Crippen LogP contribution is 2.23. The van der Waals surface area contributed by atoms with Crippen LogP contribution in [0.1, 0.15) is 15.9 Å². The van der Waals surface area contributed by atoms with Gasteiger partial charge in [-0.25, -0.2) is 4.79 Å². The number of halogens is 1. The molecule has 7 heteroatoms. The van der Waals surface area contributed by atoms with Crippen molar-refractivity contribution in [1.29, 1.82) is 0 Å². The van der Waals surface area contributed by atoms with Gasteiger partial charge in [0.05, 0.1) is 10.5 Å². The molecule has 108 valence electrons. The van der Waals surface area contributed by atoms with Crippen LogP contribution in [0.2, 0.25) is 5.02 Å². The third-order valence-electron chi connectivity index (χ3n) is 2.83. The van der Waals surface area contributed by atoms with Crippen molar-refractivity contribution in [2.45, 2.75) is 6.54 Å². The van der Waals surface area contributed by atoms with Crippen molar-refractivity contribution in [2.24, 2.45) is 0 Å². The van der Waals surface area contributed by atoms with Gasteiger partial charge in [-0.3, -0.25) is 10.1 Å². The highest BCUT2D eigenvalue weighted by Gasteiger charge is 2.10. The second-order valence-corrected chi connectivity index (χ2v) is 4.68. The monoisotopic (exact) mass is 306 g/mol. The Bertz CT molecular complexity index is 703. The molecule has 0 radical (unpaired) electrons. The molecule has 0 saturated carbocycles. The second kappa shape index (κ2) is 6.23. The third kappa shape index (κ3) is 3.70. The lowest BCUT2D eigenvalue weighted by Crippen LogP contribution is -2.03. The number of anilines is 1. The van der Waals surface area contributed by atoms with Gasteiger partial charge in [0.15, 0.2) is 0 Å². The van der Waals surface area contributed by atoms with E-state index in [4.69, 9.17) is 16.7 Å². The maximum absolute atomic E-state index is 10.9.